The zero-order valence-electron chi connectivity index (χ0n) is 14.9. The van der Waals surface area contributed by atoms with Gasteiger partial charge in [0.05, 0.1) is 12.1 Å². The first-order valence-corrected chi connectivity index (χ1v) is 9.28. The molecule has 0 aliphatic rings. The van der Waals surface area contributed by atoms with Gasteiger partial charge in [0.25, 0.3) is 5.91 Å². The number of hydrogen-bond acceptors (Lipinski definition) is 5. The number of hydrogen-bond donors (Lipinski definition) is 2. The van der Waals surface area contributed by atoms with Crippen LogP contribution in [-0.2, 0) is 11.2 Å². The minimum atomic E-state index is -4.48. The molecule has 2 amide bonds. The SMILES string of the molecule is O=C(Cc1csc(-c2cccnc2)n1)Nc1ccc(C(=O)NCC(F)(F)F)cc1. The van der Waals surface area contributed by atoms with Gasteiger partial charge in [0, 0.05) is 34.6 Å². The summed E-state index contributed by atoms with van der Waals surface area (Å²) in [4.78, 5) is 32.3. The Morgan fingerprint density at radius 3 is 2.52 bits per heavy atom. The third-order valence-corrected chi connectivity index (χ3v) is 4.62. The second-order valence-corrected chi connectivity index (χ2v) is 6.84. The summed E-state index contributed by atoms with van der Waals surface area (Å²) in [6, 6.07) is 9.25. The van der Waals surface area contributed by atoms with Crippen LogP contribution in [0.3, 0.4) is 0 Å². The Labute approximate surface area is 167 Å². The van der Waals surface area contributed by atoms with E-state index in [1.165, 1.54) is 35.6 Å². The quantitative estimate of drug-likeness (QED) is 0.637. The lowest BCUT2D eigenvalue weighted by molar-refractivity contribution is -0.123. The number of amides is 2. The first-order valence-electron chi connectivity index (χ1n) is 8.40. The van der Waals surface area contributed by atoms with Gasteiger partial charge in [0.15, 0.2) is 0 Å². The summed E-state index contributed by atoms with van der Waals surface area (Å²) in [6.45, 7) is -1.40. The van der Waals surface area contributed by atoms with Crippen LogP contribution >= 0.6 is 11.3 Å². The molecule has 0 atom stereocenters. The van der Waals surface area contributed by atoms with E-state index in [2.05, 4.69) is 15.3 Å². The van der Waals surface area contributed by atoms with Crippen LogP contribution in [0.5, 0.6) is 0 Å². The molecule has 3 aromatic rings. The van der Waals surface area contributed by atoms with Crippen molar-refractivity contribution >= 4 is 28.8 Å². The Bertz CT molecular complexity index is 989. The molecule has 6 nitrogen and oxygen atoms in total. The number of anilines is 1. The van der Waals surface area contributed by atoms with Gasteiger partial charge in [-0.1, -0.05) is 0 Å². The molecule has 10 heteroatoms. The third kappa shape index (κ3) is 6.11. The normalized spacial score (nSPS) is 11.1. The maximum Gasteiger partial charge on any atom is 0.405 e. The van der Waals surface area contributed by atoms with Crippen molar-refractivity contribution in [1.82, 2.24) is 15.3 Å². The second kappa shape index (κ2) is 8.82. The molecule has 29 heavy (non-hydrogen) atoms. The first kappa shape index (κ1) is 20.5. The van der Waals surface area contributed by atoms with Crippen LogP contribution in [-0.4, -0.2) is 34.5 Å². The van der Waals surface area contributed by atoms with Crippen LogP contribution in [0.15, 0.2) is 54.2 Å². The summed E-state index contributed by atoms with van der Waals surface area (Å²) in [7, 11) is 0. The molecule has 0 aliphatic heterocycles. The predicted molar refractivity (Wildman–Crippen MR) is 103 cm³/mol. The number of aromatic nitrogens is 2. The molecule has 1 aromatic carbocycles. The molecule has 150 valence electrons. The van der Waals surface area contributed by atoms with E-state index in [9.17, 15) is 22.8 Å². The number of alkyl halides is 3. The number of thiazole rings is 1. The van der Waals surface area contributed by atoms with Crippen molar-refractivity contribution in [3.8, 4) is 10.6 Å². The molecular formula is C19H15F3N4O2S. The van der Waals surface area contributed by atoms with Crippen molar-refractivity contribution < 1.29 is 22.8 Å². The molecule has 0 radical (unpaired) electrons. The number of halogens is 3. The maximum absolute atomic E-state index is 12.2. The van der Waals surface area contributed by atoms with E-state index in [0.717, 1.165) is 10.6 Å². The molecule has 0 saturated carbocycles. The highest BCUT2D eigenvalue weighted by atomic mass is 32.1. The highest BCUT2D eigenvalue weighted by molar-refractivity contribution is 7.13. The second-order valence-electron chi connectivity index (χ2n) is 5.99. The average molecular weight is 420 g/mol. The van der Waals surface area contributed by atoms with Gasteiger partial charge in [0.2, 0.25) is 5.91 Å². The summed E-state index contributed by atoms with van der Waals surface area (Å²) in [5.74, 6) is -1.15. The van der Waals surface area contributed by atoms with Gasteiger partial charge in [-0.15, -0.1) is 11.3 Å². The summed E-state index contributed by atoms with van der Waals surface area (Å²) in [5.41, 5.74) is 1.95. The minimum Gasteiger partial charge on any atom is -0.343 e. The monoisotopic (exact) mass is 420 g/mol. The summed E-state index contributed by atoms with van der Waals surface area (Å²) in [5, 5.41) is 7.00. The van der Waals surface area contributed by atoms with Crippen LogP contribution in [0.4, 0.5) is 18.9 Å². The third-order valence-electron chi connectivity index (χ3n) is 3.68. The van der Waals surface area contributed by atoms with E-state index in [1.807, 2.05) is 6.07 Å². The molecule has 0 bridgehead atoms. The molecule has 3 rings (SSSR count). The lowest BCUT2D eigenvalue weighted by atomic mass is 10.2. The number of pyridine rings is 1. The Morgan fingerprint density at radius 2 is 1.86 bits per heavy atom. The van der Waals surface area contributed by atoms with Crippen molar-refractivity contribution in [3.05, 3.63) is 65.4 Å². The molecule has 2 aromatic heterocycles. The fourth-order valence-electron chi connectivity index (χ4n) is 2.37. The van der Waals surface area contributed by atoms with Crippen LogP contribution < -0.4 is 10.6 Å². The molecule has 0 saturated heterocycles. The van der Waals surface area contributed by atoms with Crippen molar-refractivity contribution in [3.63, 3.8) is 0 Å². The average Bonchev–Trinajstić information content (AvgIpc) is 3.15. The van der Waals surface area contributed by atoms with Gasteiger partial charge in [0.1, 0.15) is 11.6 Å². The van der Waals surface area contributed by atoms with E-state index < -0.39 is 18.6 Å². The van der Waals surface area contributed by atoms with Crippen LogP contribution in [0.2, 0.25) is 0 Å². The zero-order valence-corrected chi connectivity index (χ0v) is 15.7. The van der Waals surface area contributed by atoms with E-state index in [1.54, 1.807) is 29.2 Å². The molecule has 0 unspecified atom stereocenters. The van der Waals surface area contributed by atoms with Crippen molar-refractivity contribution in [2.24, 2.45) is 0 Å². The fraction of sp³-hybridized carbons (Fsp3) is 0.158. The molecule has 0 aliphatic carbocycles. The van der Waals surface area contributed by atoms with Gasteiger partial charge in [-0.3, -0.25) is 14.6 Å². The standard InChI is InChI=1S/C19H15F3N4O2S/c20-19(21,22)11-24-17(28)12-3-5-14(6-4-12)25-16(27)8-15-10-29-18(26-15)13-2-1-7-23-9-13/h1-7,9-10H,8,11H2,(H,24,28)(H,25,27). The van der Waals surface area contributed by atoms with Crippen molar-refractivity contribution in [1.29, 1.82) is 0 Å². The Balaban J connectivity index is 1.54. The number of rotatable bonds is 6. The van der Waals surface area contributed by atoms with E-state index in [4.69, 9.17) is 0 Å². The van der Waals surface area contributed by atoms with Crippen LogP contribution in [0.25, 0.3) is 10.6 Å². The van der Waals surface area contributed by atoms with Gasteiger partial charge in [-0.2, -0.15) is 13.2 Å². The lowest BCUT2D eigenvalue weighted by Gasteiger charge is -2.09. The van der Waals surface area contributed by atoms with Gasteiger partial charge in [-0.25, -0.2) is 4.98 Å². The Hall–Kier alpha value is -3.27. The summed E-state index contributed by atoms with van der Waals surface area (Å²) in [6.07, 6.45) is -1.06. The summed E-state index contributed by atoms with van der Waals surface area (Å²) >= 11 is 1.41. The largest absolute Gasteiger partial charge is 0.405 e. The van der Waals surface area contributed by atoms with E-state index in [0.29, 0.717) is 11.4 Å². The molecule has 0 fully saturated rings. The Morgan fingerprint density at radius 1 is 1.10 bits per heavy atom. The zero-order chi connectivity index (χ0) is 20.9. The van der Waals surface area contributed by atoms with Gasteiger partial charge >= 0.3 is 6.18 Å². The number of benzene rings is 1. The first-order chi connectivity index (χ1) is 13.8. The van der Waals surface area contributed by atoms with Crippen LogP contribution in [0, 0.1) is 0 Å². The predicted octanol–water partition coefficient (Wildman–Crippen LogP) is 3.68. The molecular weight excluding hydrogens is 405 g/mol. The van der Waals surface area contributed by atoms with Gasteiger partial charge in [-0.05, 0) is 36.4 Å². The van der Waals surface area contributed by atoms with E-state index >= 15 is 0 Å². The van der Waals surface area contributed by atoms with Crippen molar-refractivity contribution in [2.75, 3.05) is 11.9 Å². The number of carbonyl (C=O) groups excluding carboxylic acids is 2. The number of nitrogens with zero attached hydrogens (tertiary/aromatic N) is 2. The minimum absolute atomic E-state index is 0.0601. The molecule has 2 heterocycles. The highest BCUT2D eigenvalue weighted by Crippen LogP contribution is 2.23. The van der Waals surface area contributed by atoms with Crippen molar-refractivity contribution in [2.45, 2.75) is 12.6 Å². The lowest BCUT2D eigenvalue weighted by Crippen LogP contribution is -2.33. The topological polar surface area (TPSA) is 84.0 Å². The fourth-order valence-corrected chi connectivity index (χ4v) is 3.18. The van der Waals surface area contributed by atoms with Crippen LogP contribution in [0.1, 0.15) is 16.1 Å². The highest BCUT2D eigenvalue weighted by Gasteiger charge is 2.27. The smallest absolute Gasteiger partial charge is 0.343 e. The van der Waals surface area contributed by atoms with E-state index in [-0.39, 0.29) is 17.9 Å². The Kier molecular flexibility index (Phi) is 6.23. The number of carbonyl (C=O) groups is 2. The molecule has 0 spiro atoms. The van der Waals surface area contributed by atoms with Gasteiger partial charge < -0.3 is 10.6 Å². The maximum atomic E-state index is 12.2. The molecule has 2 N–H and O–H groups in total. The number of nitrogens with one attached hydrogen (secondary N) is 2. The summed E-state index contributed by atoms with van der Waals surface area (Å²) < 4.78 is 36.4.